The number of aliphatic carboxylic acids is 2. The fourth-order valence-corrected chi connectivity index (χ4v) is 2.05. The highest BCUT2D eigenvalue weighted by Gasteiger charge is 2.70. The highest BCUT2D eigenvalue weighted by atomic mass is 16.4. The zero-order valence-electron chi connectivity index (χ0n) is 6.49. The first-order chi connectivity index (χ1) is 5.59. The Balaban J connectivity index is 2.17. The molecule has 0 saturated heterocycles. The molecule has 2 rings (SSSR count). The van der Waals surface area contributed by atoms with Gasteiger partial charge in [-0.05, 0) is 25.2 Å². The summed E-state index contributed by atoms with van der Waals surface area (Å²) in [6.07, 6.45) is 2.11. The predicted molar refractivity (Wildman–Crippen MR) is 38.5 cm³/mol. The molecule has 0 heterocycles. The third-order valence-electron chi connectivity index (χ3n) is 3.01. The largest absolute Gasteiger partial charge is 0.481 e. The fourth-order valence-electron chi connectivity index (χ4n) is 2.05. The minimum atomic E-state index is -0.954. The van der Waals surface area contributed by atoms with E-state index in [0.29, 0.717) is 6.42 Å². The summed E-state index contributed by atoms with van der Waals surface area (Å²) in [7, 11) is 0. The Kier molecular flexibility index (Phi) is 1.26. The van der Waals surface area contributed by atoms with Crippen molar-refractivity contribution in [3.05, 3.63) is 0 Å². The quantitative estimate of drug-likeness (QED) is 0.649. The maximum atomic E-state index is 10.8. The molecule has 2 fully saturated rings. The fraction of sp³-hybridized carbons (Fsp3) is 0.750. The lowest BCUT2D eigenvalue weighted by atomic mass is 9.97. The van der Waals surface area contributed by atoms with Gasteiger partial charge in [-0.2, -0.15) is 0 Å². The average molecular weight is 170 g/mol. The summed E-state index contributed by atoms with van der Waals surface area (Å²) in [6, 6.07) is 0. The zero-order valence-corrected chi connectivity index (χ0v) is 6.49. The van der Waals surface area contributed by atoms with Crippen molar-refractivity contribution < 1.29 is 19.8 Å². The number of hydrogen-bond donors (Lipinski definition) is 2. The standard InChI is InChI=1S/C8H10O4/c9-6(10)5-3-8(5,7(11)12)4-1-2-4/h4-5H,1-3H2,(H,9,10)(H,11,12). The van der Waals surface area contributed by atoms with Crippen LogP contribution < -0.4 is 0 Å². The molecular weight excluding hydrogens is 160 g/mol. The molecule has 0 aliphatic heterocycles. The Hall–Kier alpha value is -1.06. The lowest BCUT2D eigenvalue weighted by Crippen LogP contribution is -2.22. The van der Waals surface area contributed by atoms with Gasteiger partial charge in [-0.1, -0.05) is 0 Å². The Morgan fingerprint density at radius 3 is 2.08 bits per heavy atom. The van der Waals surface area contributed by atoms with E-state index in [1.807, 2.05) is 0 Å². The van der Waals surface area contributed by atoms with Gasteiger partial charge >= 0.3 is 11.9 Å². The first-order valence-corrected chi connectivity index (χ1v) is 4.05. The Labute approximate surface area is 69.2 Å². The number of carboxylic acids is 2. The molecule has 0 bridgehead atoms. The summed E-state index contributed by atoms with van der Waals surface area (Å²) in [6.45, 7) is 0. The first kappa shape index (κ1) is 7.58. The minimum absolute atomic E-state index is 0.135. The van der Waals surface area contributed by atoms with Crippen LogP contribution in [0.4, 0.5) is 0 Å². The van der Waals surface area contributed by atoms with Gasteiger partial charge in [0.2, 0.25) is 0 Å². The highest BCUT2D eigenvalue weighted by molar-refractivity contribution is 5.89. The molecule has 4 heteroatoms. The Morgan fingerprint density at radius 2 is 1.83 bits per heavy atom. The van der Waals surface area contributed by atoms with E-state index >= 15 is 0 Å². The van der Waals surface area contributed by atoms with Crippen molar-refractivity contribution >= 4 is 11.9 Å². The van der Waals surface area contributed by atoms with Gasteiger partial charge in [0.15, 0.2) is 0 Å². The lowest BCUT2D eigenvalue weighted by molar-refractivity contribution is -0.150. The summed E-state index contributed by atoms with van der Waals surface area (Å²) < 4.78 is 0. The topological polar surface area (TPSA) is 74.6 Å². The van der Waals surface area contributed by atoms with Crippen molar-refractivity contribution in [2.75, 3.05) is 0 Å². The van der Waals surface area contributed by atoms with Gasteiger partial charge in [0, 0.05) is 0 Å². The molecule has 2 atom stereocenters. The molecule has 2 aliphatic carbocycles. The predicted octanol–water partition coefficient (Wildman–Crippen LogP) is 0.572. The van der Waals surface area contributed by atoms with Crippen LogP contribution in [-0.2, 0) is 9.59 Å². The van der Waals surface area contributed by atoms with Gasteiger partial charge in [-0.15, -0.1) is 0 Å². The van der Waals surface area contributed by atoms with E-state index in [9.17, 15) is 9.59 Å². The highest BCUT2D eigenvalue weighted by Crippen LogP contribution is 2.65. The summed E-state index contributed by atoms with van der Waals surface area (Å²) in [4.78, 5) is 21.4. The van der Waals surface area contributed by atoms with Gasteiger partial charge in [0.05, 0.1) is 11.3 Å². The van der Waals surface area contributed by atoms with E-state index in [1.54, 1.807) is 0 Å². The van der Waals surface area contributed by atoms with Crippen molar-refractivity contribution in [3.8, 4) is 0 Å². The van der Waals surface area contributed by atoms with E-state index < -0.39 is 23.3 Å². The third-order valence-corrected chi connectivity index (χ3v) is 3.01. The molecule has 2 saturated carbocycles. The van der Waals surface area contributed by atoms with Crippen LogP contribution in [0.5, 0.6) is 0 Å². The summed E-state index contributed by atoms with van der Waals surface area (Å²) >= 11 is 0. The van der Waals surface area contributed by atoms with Gasteiger partial charge in [-0.3, -0.25) is 9.59 Å². The number of hydrogen-bond acceptors (Lipinski definition) is 2. The van der Waals surface area contributed by atoms with Crippen molar-refractivity contribution in [2.24, 2.45) is 17.3 Å². The number of carbonyl (C=O) groups is 2. The van der Waals surface area contributed by atoms with Gasteiger partial charge in [0.1, 0.15) is 0 Å². The van der Waals surface area contributed by atoms with Crippen molar-refractivity contribution in [2.45, 2.75) is 19.3 Å². The van der Waals surface area contributed by atoms with Gasteiger partial charge in [-0.25, -0.2) is 0 Å². The molecule has 2 aliphatic rings. The smallest absolute Gasteiger partial charge is 0.310 e. The van der Waals surface area contributed by atoms with E-state index in [0.717, 1.165) is 12.8 Å². The van der Waals surface area contributed by atoms with Crippen molar-refractivity contribution in [1.82, 2.24) is 0 Å². The Bertz CT molecular complexity index is 256. The normalized spacial score (nSPS) is 39.2. The van der Waals surface area contributed by atoms with Crippen LogP contribution in [0, 0.1) is 17.3 Å². The second-order valence-electron chi connectivity index (χ2n) is 3.71. The second kappa shape index (κ2) is 2.00. The number of rotatable bonds is 3. The molecule has 12 heavy (non-hydrogen) atoms. The van der Waals surface area contributed by atoms with Crippen LogP contribution in [0.3, 0.4) is 0 Å². The SMILES string of the molecule is O=C(O)C1CC1(C(=O)O)C1CC1. The lowest BCUT2D eigenvalue weighted by Gasteiger charge is -2.07. The number of carboxylic acid groups (broad SMARTS) is 2. The van der Waals surface area contributed by atoms with Crippen LogP contribution in [0.15, 0.2) is 0 Å². The summed E-state index contributed by atoms with van der Waals surface area (Å²) in [5, 5.41) is 17.5. The summed E-state index contributed by atoms with van der Waals surface area (Å²) in [5.41, 5.74) is -0.883. The Morgan fingerprint density at radius 1 is 1.25 bits per heavy atom. The average Bonchev–Trinajstić information content (AvgIpc) is 2.82. The van der Waals surface area contributed by atoms with E-state index in [-0.39, 0.29) is 5.92 Å². The van der Waals surface area contributed by atoms with Gasteiger partial charge in [0.25, 0.3) is 0 Å². The molecule has 0 aromatic carbocycles. The molecule has 2 N–H and O–H groups in total. The molecule has 4 nitrogen and oxygen atoms in total. The van der Waals surface area contributed by atoms with E-state index in [2.05, 4.69) is 0 Å². The molecule has 0 spiro atoms. The minimum Gasteiger partial charge on any atom is -0.481 e. The second-order valence-corrected chi connectivity index (χ2v) is 3.71. The molecule has 0 amide bonds. The van der Waals surface area contributed by atoms with Crippen LogP contribution in [0.2, 0.25) is 0 Å². The molecule has 0 aromatic rings. The maximum absolute atomic E-state index is 10.8. The first-order valence-electron chi connectivity index (χ1n) is 4.05. The van der Waals surface area contributed by atoms with E-state index in [1.165, 1.54) is 0 Å². The molecule has 0 aromatic heterocycles. The monoisotopic (exact) mass is 170 g/mol. The van der Waals surface area contributed by atoms with Crippen molar-refractivity contribution in [3.63, 3.8) is 0 Å². The summed E-state index contributed by atoms with van der Waals surface area (Å²) in [5.74, 6) is -2.36. The van der Waals surface area contributed by atoms with Crippen LogP contribution in [0.1, 0.15) is 19.3 Å². The molecule has 0 radical (unpaired) electrons. The molecular formula is C8H10O4. The van der Waals surface area contributed by atoms with Crippen molar-refractivity contribution in [1.29, 1.82) is 0 Å². The van der Waals surface area contributed by atoms with Crippen LogP contribution in [0.25, 0.3) is 0 Å². The zero-order chi connectivity index (χ0) is 8.93. The van der Waals surface area contributed by atoms with Crippen LogP contribution in [-0.4, -0.2) is 22.2 Å². The third kappa shape index (κ3) is 0.777. The van der Waals surface area contributed by atoms with Crippen LogP contribution >= 0.6 is 0 Å². The van der Waals surface area contributed by atoms with Gasteiger partial charge < -0.3 is 10.2 Å². The maximum Gasteiger partial charge on any atom is 0.310 e. The molecule has 66 valence electrons. The van der Waals surface area contributed by atoms with E-state index in [4.69, 9.17) is 10.2 Å². The molecule has 2 unspecified atom stereocenters.